The second-order valence-electron chi connectivity index (χ2n) is 8.65. The molecule has 0 bridgehead atoms. The maximum Gasteiger partial charge on any atom is 0.326 e. The number of nitrogens with two attached hydrogens (primary N) is 1. The first-order valence-electron chi connectivity index (χ1n) is 10.5. The molecule has 3 amide bonds. The molecule has 0 aromatic heterocycles. The van der Waals surface area contributed by atoms with Gasteiger partial charge in [0.15, 0.2) is 0 Å². The van der Waals surface area contributed by atoms with Crippen LogP contribution in [0.4, 0.5) is 0 Å². The maximum absolute atomic E-state index is 12.9. The van der Waals surface area contributed by atoms with E-state index in [1.807, 2.05) is 13.8 Å². The summed E-state index contributed by atoms with van der Waals surface area (Å²) in [6.45, 7) is 7.38. The molecular formula is C20H34N4O7. The maximum atomic E-state index is 12.9. The fraction of sp³-hybridized carbons (Fsp3) is 0.750. The molecule has 0 aliphatic carbocycles. The molecule has 0 saturated carbocycles. The second kappa shape index (κ2) is 11.6. The highest BCUT2D eigenvalue weighted by atomic mass is 16.4. The van der Waals surface area contributed by atoms with Crippen LogP contribution in [-0.2, 0) is 24.0 Å². The van der Waals surface area contributed by atoms with Gasteiger partial charge in [0.2, 0.25) is 17.7 Å². The van der Waals surface area contributed by atoms with Crippen LogP contribution in [0.2, 0.25) is 0 Å². The molecule has 0 aromatic carbocycles. The summed E-state index contributed by atoms with van der Waals surface area (Å²) in [7, 11) is 0. The number of hydrogen-bond acceptors (Lipinski definition) is 6. The number of carboxylic acid groups (broad SMARTS) is 2. The van der Waals surface area contributed by atoms with E-state index in [0.717, 1.165) is 4.90 Å². The normalized spacial score (nSPS) is 19.1. The van der Waals surface area contributed by atoms with E-state index in [9.17, 15) is 34.2 Å². The molecule has 1 aliphatic rings. The van der Waals surface area contributed by atoms with Gasteiger partial charge in [0, 0.05) is 6.54 Å². The summed E-state index contributed by atoms with van der Waals surface area (Å²) < 4.78 is 0. The van der Waals surface area contributed by atoms with Crippen LogP contribution in [-0.4, -0.2) is 75.5 Å². The van der Waals surface area contributed by atoms with Gasteiger partial charge in [0.1, 0.15) is 18.1 Å². The quantitative estimate of drug-likeness (QED) is 0.285. The highest BCUT2D eigenvalue weighted by Gasteiger charge is 2.39. The minimum absolute atomic E-state index is 0.00919. The standard InChI is InChI=1S/C20H34N4O7/c1-10(2)8-12(22-18(28)16(21)11(3)4)17(27)23-13(9-15(25)26)19(29)24-7-5-6-14(24)20(30)31/h10-14,16H,5-9,21H2,1-4H3,(H,22,28)(H,23,27)(H,25,26)(H,30,31). The first kappa shape index (κ1) is 26.3. The van der Waals surface area contributed by atoms with E-state index in [4.69, 9.17) is 5.73 Å². The molecule has 0 radical (unpaired) electrons. The molecule has 6 N–H and O–H groups in total. The predicted molar refractivity (Wildman–Crippen MR) is 111 cm³/mol. The first-order chi connectivity index (χ1) is 14.3. The van der Waals surface area contributed by atoms with Crippen LogP contribution >= 0.6 is 0 Å². The summed E-state index contributed by atoms with van der Waals surface area (Å²) >= 11 is 0. The number of carbonyl (C=O) groups excluding carboxylic acids is 3. The number of amides is 3. The molecule has 4 atom stereocenters. The van der Waals surface area contributed by atoms with Crippen molar-refractivity contribution in [1.29, 1.82) is 0 Å². The third kappa shape index (κ3) is 7.82. The summed E-state index contributed by atoms with van der Waals surface area (Å²) in [5, 5.41) is 23.5. The zero-order chi connectivity index (χ0) is 23.9. The molecule has 11 heteroatoms. The number of hydrogen-bond donors (Lipinski definition) is 5. The highest BCUT2D eigenvalue weighted by molar-refractivity contribution is 5.95. The summed E-state index contributed by atoms with van der Waals surface area (Å²) in [6, 6.07) is -4.36. The van der Waals surface area contributed by atoms with Crippen LogP contribution < -0.4 is 16.4 Å². The number of rotatable bonds is 11. The van der Waals surface area contributed by atoms with Crippen molar-refractivity contribution in [2.75, 3.05) is 6.54 Å². The Morgan fingerprint density at radius 2 is 1.58 bits per heavy atom. The predicted octanol–water partition coefficient (Wildman–Crippen LogP) is -0.464. The fourth-order valence-corrected chi connectivity index (χ4v) is 3.41. The molecule has 31 heavy (non-hydrogen) atoms. The van der Waals surface area contributed by atoms with Crippen LogP contribution in [0.15, 0.2) is 0 Å². The van der Waals surface area contributed by atoms with Gasteiger partial charge in [-0.1, -0.05) is 27.7 Å². The van der Waals surface area contributed by atoms with Gasteiger partial charge in [-0.05, 0) is 31.1 Å². The van der Waals surface area contributed by atoms with Crippen molar-refractivity contribution >= 4 is 29.7 Å². The largest absolute Gasteiger partial charge is 0.481 e. The van der Waals surface area contributed by atoms with Crippen molar-refractivity contribution in [3.63, 3.8) is 0 Å². The zero-order valence-corrected chi connectivity index (χ0v) is 18.5. The Bertz CT molecular complexity index is 695. The zero-order valence-electron chi connectivity index (χ0n) is 18.5. The monoisotopic (exact) mass is 442 g/mol. The van der Waals surface area contributed by atoms with E-state index in [2.05, 4.69) is 10.6 Å². The molecule has 0 aromatic rings. The molecule has 1 aliphatic heterocycles. The summed E-state index contributed by atoms with van der Waals surface area (Å²) in [6.07, 6.45) is 0.266. The summed E-state index contributed by atoms with van der Waals surface area (Å²) in [5.74, 6) is -4.67. The van der Waals surface area contributed by atoms with E-state index in [-0.39, 0.29) is 31.2 Å². The van der Waals surface area contributed by atoms with E-state index >= 15 is 0 Å². The molecule has 11 nitrogen and oxygen atoms in total. The van der Waals surface area contributed by atoms with Crippen LogP contribution in [0.3, 0.4) is 0 Å². The molecule has 1 rings (SSSR count). The molecule has 1 saturated heterocycles. The SMILES string of the molecule is CC(C)CC(NC(=O)C(N)C(C)C)C(=O)NC(CC(=O)O)C(=O)N1CCCC1C(=O)O. The average Bonchev–Trinajstić information content (AvgIpc) is 3.14. The first-order valence-corrected chi connectivity index (χ1v) is 10.5. The highest BCUT2D eigenvalue weighted by Crippen LogP contribution is 2.19. The van der Waals surface area contributed by atoms with Gasteiger partial charge >= 0.3 is 11.9 Å². The lowest BCUT2D eigenvalue weighted by Gasteiger charge is -2.29. The van der Waals surface area contributed by atoms with Gasteiger partial charge in [0.05, 0.1) is 12.5 Å². The number of carboxylic acids is 2. The Labute approximate surface area is 181 Å². The summed E-state index contributed by atoms with van der Waals surface area (Å²) in [4.78, 5) is 61.9. The number of aliphatic carboxylic acids is 2. The Morgan fingerprint density at radius 3 is 2.06 bits per heavy atom. The van der Waals surface area contributed by atoms with E-state index < -0.39 is 60.2 Å². The lowest BCUT2D eigenvalue weighted by atomic mass is 10.00. The molecule has 1 fully saturated rings. The van der Waals surface area contributed by atoms with E-state index in [1.54, 1.807) is 13.8 Å². The Hall–Kier alpha value is -2.69. The number of nitrogens with one attached hydrogen (secondary N) is 2. The fourth-order valence-electron chi connectivity index (χ4n) is 3.41. The van der Waals surface area contributed by atoms with E-state index in [1.165, 1.54) is 0 Å². The van der Waals surface area contributed by atoms with Crippen LogP contribution in [0.5, 0.6) is 0 Å². The van der Waals surface area contributed by atoms with Crippen molar-refractivity contribution < 1.29 is 34.2 Å². The summed E-state index contributed by atoms with van der Waals surface area (Å²) in [5.41, 5.74) is 5.84. The topological polar surface area (TPSA) is 179 Å². The molecule has 4 unspecified atom stereocenters. The lowest BCUT2D eigenvalue weighted by molar-refractivity contribution is -0.150. The van der Waals surface area contributed by atoms with Crippen molar-refractivity contribution in [3.8, 4) is 0 Å². The minimum Gasteiger partial charge on any atom is -0.481 e. The Morgan fingerprint density at radius 1 is 1.00 bits per heavy atom. The Balaban J connectivity index is 3.02. The average molecular weight is 443 g/mol. The minimum atomic E-state index is -1.45. The molecular weight excluding hydrogens is 408 g/mol. The molecule has 176 valence electrons. The van der Waals surface area contributed by atoms with Gasteiger partial charge in [-0.15, -0.1) is 0 Å². The van der Waals surface area contributed by atoms with Crippen molar-refractivity contribution in [3.05, 3.63) is 0 Å². The van der Waals surface area contributed by atoms with Crippen molar-refractivity contribution in [2.24, 2.45) is 17.6 Å². The molecule has 1 heterocycles. The van der Waals surface area contributed by atoms with Gasteiger partial charge in [-0.25, -0.2) is 4.79 Å². The number of likely N-dealkylation sites (tertiary alicyclic amines) is 1. The van der Waals surface area contributed by atoms with Crippen LogP contribution in [0.1, 0.15) is 53.4 Å². The second-order valence-corrected chi connectivity index (χ2v) is 8.65. The number of carbonyl (C=O) groups is 5. The van der Waals surface area contributed by atoms with Crippen LogP contribution in [0.25, 0.3) is 0 Å². The smallest absolute Gasteiger partial charge is 0.326 e. The molecule has 0 spiro atoms. The number of nitrogens with zero attached hydrogens (tertiary/aromatic N) is 1. The van der Waals surface area contributed by atoms with E-state index in [0.29, 0.717) is 6.42 Å². The van der Waals surface area contributed by atoms with Gasteiger partial charge in [-0.3, -0.25) is 19.2 Å². The van der Waals surface area contributed by atoms with Crippen LogP contribution in [0, 0.1) is 11.8 Å². The van der Waals surface area contributed by atoms with Gasteiger partial charge in [-0.2, -0.15) is 0 Å². The lowest BCUT2D eigenvalue weighted by Crippen LogP contribution is -2.58. The third-order valence-electron chi connectivity index (χ3n) is 5.18. The van der Waals surface area contributed by atoms with Crippen molar-refractivity contribution in [2.45, 2.75) is 77.5 Å². The van der Waals surface area contributed by atoms with Crippen molar-refractivity contribution in [1.82, 2.24) is 15.5 Å². The van der Waals surface area contributed by atoms with Gasteiger partial charge < -0.3 is 31.5 Å². The van der Waals surface area contributed by atoms with Gasteiger partial charge in [0.25, 0.3) is 0 Å². The third-order valence-corrected chi connectivity index (χ3v) is 5.18. The Kier molecular flexibility index (Phi) is 9.89.